The summed E-state index contributed by atoms with van der Waals surface area (Å²) in [4.78, 5) is 22.1. The van der Waals surface area contributed by atoms with E-state index >= 15 is 0 Å². The van der Waals surface area contributed by atoms with Gasteiger partial charge < -0.3 is 5.32 Å². The molecule has 2 heterocycles. The van der Waals surface area contributed by atoms with Gasteiger partial charge in [0.25, 0.3) is 0 Å². The van der Waals surface area contributed by atoms with E-state index in [1.165, 1.54) is 10.9 Å². The highest BCUT2D eigenvalue weighted by Crippen LogP contribution is 2.16. The van der Waals surface area contributed by atoms with E-state index in [1.54, 1.807) is 11.6 Å². The Bertz CT molecular complexity index is 683. The molecule has 0 unspecified atom stereocenters. The van der Waals surface area contributed by atoms with Crippen molar-refractivity contribution < 1.29 is 9.72 Å². The summed E-state index contributed by atoms with van der Waals surface area (Å²) < 4.78 is 3.20. The highest BCUT2D eigenvalue weighted by molar-refractivity contribution is 5.75. The minimum absolute atomic E-state index is 0.0376. The number of nitrogens with one attached hydrogen (secondary N) is 1. The second-order valence-electron chi connectivity index (χ2n) is 5.02. The van der Waals surface area contributed by atoms with Crippen LogP contribution in [-0.2, 0) is 24.9 Å². The Kier molecular flexibility index (Phi) is 4.54. The van der Waals surface area contributed by atoms with Crippen molar-refractivity contribution in [1.29, 1.82) is 0 Å². The van der Waals surface area contributed by atoms with Crippen molar-refractivity contribution in [2.45, 2.75) is 33.4 Å². The normalized spacial score (nSPS) is 10.7. The third-order valence-corrected chi connectivity index (χ3v) is 3.46. The van der Waals surface area contributed by atoms with Crippen LogP contribution in [0.5, 0.6) is 0 Å². The molecule has 0 saturated heterocycles. The zero-order valence-electron chi connectivity index (χ0n) is 12.7. The number of aryl methyl sites for hydroxylation is 3. The molecule has 0 aliphatic heterocycles. The molecule has 0 spiro atoms. The monoisotopic (exact) mass is 306 g/mol. The van der Waals surface area contributed by atoms with Gasteiger partial charge >= 0.3 is 5.69 Å². The van der Waals surface area contributed by atoms with Crippen molar-refractivity contribution in [3.05, 3.63) is 39.5 Å². The van der Waals surface area contributed by atoms with Crippen LogP contribution in [-0.4, -0.2) is 30.4 Å². The molecule has 0 saturated carbocycles. The molecule has 0 aliphatic carbocycles. The summed E-state index contributed by atoms with van der Waals surface area (Å²) >= 11 is 0. The first-order valence-corrected chi connectivity index (χ1v) is 6.81. The standard InChI is InChI=1S/C13H18N6O3/c1-9-6-11(16-17(9)3)7-14-13(20)4-5-18-10(2)12(8-15-18)19(21)22/h6,8H,4-5,7H2,1-3H3,(H,14,20). The van der Waals surface area contributed by atoms with Gasteiger partial charge in [0.1, 0.15) is 11.9 Å². The first kappa shape index (κ1) is 15.7. The molecule has 22 heavy (non-hydrogen) atoms. The number of aromatic nitrogens is 4. The maximum absolute atomic E-state index is 11.8. The van der Waals surface area contributed by atoms with Gasteiger partial charge in [0.05, 0.1) is 23.7 Å². The fraction of sp³-hybridized carbons (Fsp3) is 0.462. The molecular formula is C13H18N6O3. The minimum atomic E-state index is -0.484. The molecule has 0 aromatic carbocycles. The molecule has 118 valence electrons. The number of hydrogen-bond donors (Lipinski definition) is 1. The second kappa shape index (κ2) is 6.37. The number of amides is 1. The Morgan fingerprint density at radius 3 is 2.73 bits per heavy atom. The lowest BCUT2D eigenvalue weighted by atomic mass is 10.3. The van der Waals surface area contributed by atoms with Crippen LogP contribution in [0.2, 0.25) is 0 Å². The van der Waals surface area contributed by atoms with Gasteiger partial charge in [-0.15, -0.1) is 0 Å². The van der Waals surface area contributed by atoms with E-state index in [9.17, 15) is 14.9 Å². The van der Waals surface area contributed by atoms with Gasteiger partial charge in [0, 0.05) is 19.2 Å². The Morgan fingerprint density at radius 2 is 2.18 bits per heavy atom. The average Bonchev–Trinajstić information content (AvgIpc) is 2.98. The van der Waals surface area contributed by atoms with Gasteiger partial charge in [0.2, 0.25) is 5.91 Å². The summed E-state index contributed by atoms with van der Waals surface area (Å²) in [6.45, 7) is 4.21. The zero-order chi connectivity index (χ0) is 16.3. The van der Waals surface area contributed by atoms with Gasteiger partial charge in [-0.25, -0.2) is 0 Å². The van der Waals surface area contributed by atoms with Crippen molar-refractivity contribution in [2.24, 2.45) is 7.05 Å². The SMILES string of the molecule is Cc1cc(CNC(=O)CCn2ncc([N+](=O)[O-])c2C)nn1C. The third kappa shape index (κ3) is 3.48. The smallest absolute Gasteiger partial charge is 0.309 e. The zero-order valence-corrected chi connectivity index (χ0v) is 12.7. The van der Waals surface area contributed by atoms with Crippen LogP contribution < -0.4 is 5.32 Å². The van der Waals surface area contributed by atoms with Crippen LogP contribution in [0.15, 0.2) is 12.3 Å². The first-order valence-electron chi connectivity index (χ1n) is 6.81. The summed E-state index contributed by atoms with van der Waals surface area (Å²) in [6, 6.07) is 1.90. The molecule has 9 heteroatoms. The van der Waals surface area contributed by atoms with Gasteiger partial charge in [-0.3, -0.25) is 24.3 Å². The lowest BCUT2D eigenvalue weighted by molar-refractivity contribution is -0.385. The van der Waals surface area contributed by atoms with Crippen molar-refractivity contribution in [1.82, 2.24) is 24.9 Å². The highest BCUT2D eigenvalue weighted by atomic mass is 16.6. The van der Waals surface area contributed by atoms with Crippen molar-refractivity contribution in [3.63, 3.8) is 0 Å². The molecular weight excluding hydrogens is 288 g/mol. The first-order chi connectivity index (χ1) is 10.4. The Morgan fingerprint density at radius 1 is 1.45 bits per heavy atom. The van der Waals surface area contributed by atoms with E-state index in [0.29, 0.717) is 18.8 Å². The van der Waals surface area contributed by atoms with Crippen LogP contribution in [0.25, 0.3) is 0 Å². The van der Waals surface area contributed by atoms with Crippen LogP contribution >= 0.6 is 0 Å². The quantitative estimate of drug-likeness (QED) is 0.628. The van der Waals surface area contributed by atoms with Crippen LogP contribution in [0.4, 0.5) is 5.69 Å². The molecule has 1 amide bonds. The highest BCUT2D eigenvalue weighted by Gasteiger charge is 2.16. The molecule has 0 fully saturated rings. The van der Waals surface area contributed by atoms with Crippen molar-refractivity contribution in [2.75, 3.05) is 0 Å². The number of nitro groups is 1. The Labute approximate surface area is 127 Å². The molecule has 0 aliphatic rings. The van der Waals surface area contributed by atoms with Gasteiger partial charge in [-0.05, 0) is 19.9 Å². The summed E-state index contributed by atoms with van der Waals surface area (Å²) in [5, 5.41) is 21.7. The largest absolute Gasteiger partial charge is 0.350 e. The van der Waals surface area contributed by atoms with Gasteiger partial charge in [-0.1, -0.05) is 0 Å². The molecule has 0 atom stereocenters. The molecule has 9 nitrogen and oxygen atoms in total. The molecule has 0 radical (unpaired) electrons. The minimum Gasteiger partial charge on any atom is -0.350 e. The lowest BCUT2D eigenvalue weighted by Gasteiger charge is -2.05. The molecule has 2 aromatic rings. The van der Waals surface area contributed by atoms with E-state index in [4.69, 9.17) is 0 Å². The predicted octanol–water partition coefficient (Wildman–Crippen LogP) is 0.848. The van der Waals surface area contributed by atoms with E-state index in [0.717, 1.165) is 11.4 Å². The van der Waals surface area contributed by atoms with E-state index in [1.807, 2.05) is 20.0 Å². The fourth-order valence-electron chi connectivity index (χ4n) is 2.05. The van der Waals surface area contributed by atoms with E-state index < -0.39 is 4.92 Å². The van der Waals surface area contributed by atoms with Crippen molar-refractivity contribution in [3.8, 4) is 0 Å². The van der Waals surface area contributed by atoms with Gasteiger partial charge in [-0.2, -0.15) is 10.2 Å². The molecule has 0 bridgehead atoms. The van der Waals surface area contributed by atoms with E-state index in [-0.39, 0.29) is 18.0 Å². The topological polar surface area (TPSA) is 108 Å². The summed E-state index contributed by atoms with van der Waals surface area (Å²) in [5.74, 6) is -0.152. The second-order valence-corrected chi connectivity index (χ2v) is 5.02. The number of rotatable bonds is 6. The molecule has 2 aromatic heterocycles. The maximum Gasteiger partial charge on any atom is 0.309 e. The molecule has 1 N–H and O–H groups in total. The maximum atomic E-state index is 11.8. The van der Waals surface area contributed by atoms with Gasteiger partial charge in [0.15, 0.2) is 0 Å². The van der Waals surface area contributed by atoms with Crippen LogP contribution in [0.1, 0.15) is 23.5 Å². The fourth-order valence-corrected chi connectivity index (χ4v) is 2.05. The number of hydrogen-bond acceptors (Lipinski definition) is 5. The Balaban J connectivity index is 1.84. The van der Waals surface area contributed by atoms with Crippen LogP contribution in [0.3, 0.4) is 0 Å². The summed E-state index contributed by atoms with van der Waals surface area (Å²) in [7, 11) is 1.84. The third-order valence-electron chi connectivity index (χ3n) is 3.46. The summed E-state index contributed by atoms with van der Waals surface area (Å²) in [5.41, 5.74) is 2.21. The molecule has 2 rings (SSSR count). The van der Waals surface area contributed by atoms with Crippen LogP contribution in [0, 0.1) is 24.0 Å². The van der Waals surface area contributed by atoms with E-state index in [2.05, 4.69) is 15.5 Å². The number of carbonyl (C=O) groups is 1. The Hall–Kier alpha value is -2.71. The average molecular weight is 306 g/mol. The summed E-state index contributed by atoms with van der Waals surface area (Å²) in [6.07, 6.45) is 1.40. The van der Waals surface area contributed by atoms with Crippen molar-refractivity contribution >= 4 is 11.6 Å². The predicted molar refractivity (Wildman–Crippen MR) is 78.0 cm³/mol. The lowest BCUT2D eigenvalue weighted by Crippen LogP contribution is -2.24. The number of nitrogens with zero attached hydrogens (tertiary/aromatic N) is 5. The number of carbonyl (C=O) groups excluding carboxylic acids is 1.